The van der Waals surface area contributed by atoms with Crippen LogP contribution in [0, 0.1) is 12.7 Å². The number of benzene rings is 1. The maximum Gasteiger partial charge on any atom is 0.338 e. The van der Waals surface area contributed by atoms with Crippen LogP contribution in [0.15, 0.2) is 23.6 Å². The second kappa shape index (κ2) is 4.50. The molecule has 0 aliphatic rings. The van der Waals surface area contributed by atoms with Gasteiger partial charge in [0.2, 0.25) is 0 Å². The van der Waals surface area contributed by atoms with Gasteiger partial charge in [0.15, 0.2) is 0 Å². The van der Waals surface area contributed by atoms with E-state index < -0.39 is 11.8 Å². The molecule has 1 heterocycles. The summed E-state index contributed by atoms with van der Waals surface area (Å²) in [5, 5.41) is 10.9. The SMILES string of the molecule is Cc1csc(Oc2ccc(C(=O)O)c(F)c2)n1. The number of halogens is 1. The molecule has 0 radical (unpaired) electrons. The van der Waals surface area contributed by atoms with Crippen molar-refractivity contribution in [1.82, 2.24) is 4.98 Å². The van der Waals surface area contributed by atoms with Gasteiger partial charge in [0.25, 0.3) is 5.19 Å². The zero-order valence-electron chi connectivity index (χ0n) is 8.81. The van der Waals surface area contributed by atoms with Crippen molar-refractivity contribution in [3.05, 3.63) is 40.7 Å². The van der Waals surface area contributed by atoms with Crippen LogP contribution < -0.4 is 4.74 Å². The van der Waals surface area contributed by atoms with Crippen molar-refractivity contribution < 1.29 is 19.0 Å². The number of carboxylic acid groups (broad SMARTS) is 1. The molecule has 1 aromatic carbocycles. The minimum absolute atomic E-state index is 0.224. The number of hydrogen-bond donors (Lipinski definition) is 1. The standard InChI is InChI=1S/C11H8FNO3S/c1-6-5-17-11(13-6)16-7-2-3-8(10(14)15)9(12)4-7/h2-5H,1H3,(H,14,15). The summed E-state index contributed by atoms with van der Waals surface area (Å²) in [4.78, 5) is 14.7. The van der Waals surface area contributed by atoms with Gasteiger partial charge in [-0.3, -0.25) is 0 Å². The molecule has 0 aliphatic heterocycles. The van der Waals surface area contributed by atoms with Crippen LogP contribution in [-0.4, -0.2) is 16.1 Å². The third kappa shape index (κ3) is 2.59. The molecule has 0 amide bonds. The molecule has 0 saturated carbocycles. The van der Waals surface area contributed by atoms with Crippen molar-refractivity contribution in [2.75, 3.05) is 0 Å². The number of ether oxygens (including phenoxy) is 1. The molecule has 0 aliphatic carbocycles. The second-order valence-electron chi connectivity index (χ2n) is 3.30. The highest BCUT2D eigenvalue weighted by Gasteiger charge is 2.11. The van der Waals surface area contributed by atoms with E-state index in [0.717, 1.165) is 17.8 Å². The van der Waals surface area contributed by atoms with Crippen LogP contribution in [0.25, 0.3) is 0 Å². The van der Waals surface area contributed by atoms with E-state index >= 15 is 0 Å². The molecule has 6 heteroatoms. The topological polar surface area (TPSA) is 59.4 Å². The lowest BCUT2D eigenvalue weighted by atomic mass is 10.2. The van der Waals surface area contributed by atoms with Crippen molar-refractivity contribution in [3.63, 3.8) is 0 Å². The van der Waals surface area contributed by atoms with Gasteiger partial charge in [-0.25, -0.2) is 14.2 Å². The van der Waals surface area contributed by atoms with Crippen molar-refractivity contribution >= 4 is 17.3 Å². The molecule has 0 fully saturated rings. The Hall–Kier alpha value is -1.95. The van der Waals surface area contributed by atoms with Crippen LogP contribution in [0.1, 0.15) is 16.1 Å². The molecule has 88 valence electrons. The van der Waals surface area contributed by atoms with Gasteiger partial charge in [-0.05, 0) is 19.1 Å². The first kappa shape index (κ1) is 11.5. The fraction of sp³-hybridized carbons (Fsp3) is 0.0909. The highest BCUT2D eigenvalue weighted by atomic mass is 32.1. The first-order chi connectivity index (χ1) is 8.06. The molecule has 0 bridgehead atoms. The van der Waals surface area contributed by atoms with Crippen LogP contribution in [0.4, 0.5) is 4.39 Å². The zero-order valence-corrected chi connectivity index (χ0v) is 9.62. The Morgan fingerprint density at radius 2 is 2.29 bits per heavy atom. The number of nitrogens with zero attached hydrogens (tertiary/aromatic N) is 1. The number of thiazole rings is 1. The molecule has 0 saturated heterocycles. The van der Waals surface area contributed by atoms with Gasteiger partial charge in [0, 0.05) is 11.4 Å². The summed E-state index contributed by atoms with van der Waals surface area (Å²) in [6.07, 6.45) is 0. The Kier molecular flexibility index (Phi) is 3.06. The summed E-state index contributed by atoms with van der Waals surface area (Å²) in [5.41, 5.74) is 0.431. The lowest BCUT2D eigenvalue weighted by molar-refractivity contribution is 0.0692. The largest absolute Gasteiger partial charge is 0.478 e. The number of aryl methyl sites for hydroxylation is 1. The summed E-state index contributed by atoms with van der Waals surface area (Å²) < 4.78 is 18.6. The predicted octanol–water partition coefficient (Wildman–Crippen LogP) is 3.08. The molecular weight excluding hydrogens is 245 g/mol. The second-order valence-corrected chi connectivity index (χ2v) is 4.12. The molecule has 0 atom stereocenters. The highest BCUT2D eigenvalue weighted by molar-refractivity contribution is 7.11. The fourth-order valence-corrected chi connectivity index (χ4v) is 1.88. The van der Waals surface area contributed by atoms with E-state index in [2.05, 4.69) is 4.98 Å². The molecule has 2 aromatic rings. The minimum atomic E-state index is -1.31. The minimum Gasteiger partial charge on any atom is -0.478 e. The maximum atomic E-state index is 13.3. The zero-order chi connectivity index (χ0) is 12.4. The Morgan fingerprint density at radius 3 is 2.82 bits per heavy atom. The van der Waals surface area contributed by atoms with Crippen LogP contribution in [0.2, 0.25) is 0 Å². The first-order valence-corrected chi connectivity index (χ1v) is 5.57. The summed E-state index contributed by atoms with van der Waals surface area (Å²) in [6.45, 7) is 1.82. The Morgan fingerprint density at radius 1 is 1.53 bits per heavy atom. The molecule has 0 unspecified atom stereocenters. The summed E-state index contributed by atoms with van der Waals surface area (Å²) in [5.74, 6) is -1.91. The van der Waals surface area contributed by atoms with E-state index in [9.17, 15) is 9.18 Å². The number of hydrogen-bond acceptors (Lipinski definition) is 4. The van der Waals surface area contributed by atoms with Gasteiger partial charge in [-0.15, -0.1) is 0 Å². The third-order valence-corrected chi connectivity index (χ3v) is 2.81. The lowest BCUT2D eigenvalue weighted by Gasteiger charge is -2.03. The number of carboxylic acids is 1. The number of aromatic nitrogens is 1. The summed E-state index contributed by atoms with van der Waals surface area (Å²) in [6, 6.07) is 3.58. The van der Waals surface area contributed by atoms with E-state index in [1.54, 1.807) is 5.38 Å². The summed E-state index contributed by atoms with van der Waals surface area (Å²) in [7, 11) is 0. The number of rotatable bonds is 3. The van der Waals surface area contributed by atoms with E-state index in [1.165, 1.54) is 17.4 Å². The van der Waals surface area contributed by atoms with Crippen molar-refractivity contribution in [3.8, 4) is 10.9 Å². The van der Waals surface area contributed by atoms with Crippen molar-refractivity contribution in [2.24, 2.45) is 0 Å². The first-order valence-electron chi connectivity index (χ1n) is 4.69. The van der Waals surface area contributed by atoms with Crippen LogP contribution >= 0.6 is 11.3 Å². The van der Waals surface area contributed by atoms with Gasteiger partial charge >= 0.3 is 5.97 Å². The Labute approximate surface area is 100 Å². The van der Waals surface area contributed by atoms with Crippen LogP contribution in [0.3, 0.4) is 0 Å². The number of carbonyl (C=O) groups is 1. The average molecular weight is 253 g/mol. The molecule has 4 nitrogen and oxygen atoms in total. The van der Waals surface area contributed by atoms with E-state index in [1.807, 2.05) is 6.92 Å². The Bertz CT molecular complexity index is 568. The third-order valence-electron chi connectivity index (χ3n) is 1.97. The maximum absolute atomic E-state index is 13.3. The van der Waals surface area contributed by atoms with Gasteiger partial charge in [-0.1, -0.05) is 11.3 Å². The van der Waals surface area contributed by atoms with Crippen LogP contribution in [-0.2, 0) is 0 Å². The smallest absolute Gasteiger partial charge is 0.338 e. The molecule has 2 rings (SSSR count). The molecule has 0 spiro atoms. The molecule has 17 heavy (non-hydrogen) atoms. The molecule has 1 N–H and O–H groups in total. The van der Waals surface area contributed by atoms with Crippen LogP contribution in [0.5, 0.6) is 10.9 Å². The quantitative estimate of drug-likeness (QED) is 0.913. The fourth-order valence-electron chi connectivity index (χ4n) is 1.21. The van der Waals surface area contributed by atoms with Gasteiger partial charge in [0.1, 0.15) is 11.6 Å². The van der Waals surface area contributed by atoms with Gasteiger partial charge in [-0.2, -0.15) is 0 Å². The monoisotopic (exact) mass is 253 g/mol. The Balaban J connectivity index is 2.23. The van der Waals surface area contributed by atoms with Gasteiger partial charge < -0.3 is 9.84 Å². The van der Waals surface area contributed by atoms with E-state index in [0.29, 0.717) is 5.19 Å². The molecular formula is C11H8FNO3S. The lowest BCUT2D eigenvalue weighted by Crippen LogP contribution is -2.00. The molecule has 1 aromatic heterocycles. The normalized spacial score (nSPS) is 10.2. The highest BCUT2D eigenvalue weighted by Crippen LogP contribution is 2.26. The predicted molar refractivity (Wildman–Crippen MR) is 60.3 cm³/mol. The van der Waals surface area contributed by atoms with E-state index in [-0.39, 0.29) is 11.3 Å². The average Bonchev–Trinajstić information content (AvgIpc) is 2.63. The number of aromatic carboxylic acids is 1. The summed E-state index contributed by atoms with van der Waals surface area (Å²) >= 11 is 1.29. The van der Waals surface area contributed by atoms with Crippen molar-refractivity contribution in [2.45, 2.75) is 6.92 Å². The van der Waals surface area contributed by atoms with Crippen molar-refractivity contribution in [1.29, 1.82) is 0 Å². The van der Waals surface area contributed by atoms with Gasteiger partial charge in [0.05, 0.1) is 11.3 Å². The van der Waals surface area contributed by atoms with E-state index in [4.69, 9.17) is 9.84 Å².